The fraction of sp³-hybridized carbons (Fsp3) is 0.438. The van der Waals surface area contributed by atoms with Crippen molar-refractivity contribution >= 4 is 27.9 Å². The average Bonchev–Trinajstić information content (AvgIpc) is 2.42. The van der Waals surface area contributed by atoms with Crippen LogP contribution in [0.3, 0.4) is 0 Å². The smallest absolute Gasteiger partial charge is 0.244 e. The van der Waals surface area contributed by atoms with Gasteiger partial charge in [0.1, 0.15) is 0 Å². The number of hydrogen-bond acceptors (Lipinski definition) is 2. The minimum absolute atomic E-state index is 0.00381. The summed E-state index contributed by atoms with van der Waals surface area (Å²) in [4.78, 5) is 11.7. The Bertz CT molecular complexity index is 452. The lowest BCUT2D eigenvalue weighted by molar-refractivity contribution is -0.116. The molecular formula is C16H22BrNO2. The Labute approximate surface area is 129 Å². The summed E-state index contributed by atoms with van der Waals surface area (Å²) in [6.45, 7) is 4.97. The Balaban J connectivity index is 2.41. The van der Waals surface area contributed by atoms with Crippen LogP contribution in [0.15, 0.2) is 34.8 Å². The van der Waals surface area contributed by atoms with Crippen LogP contribution in [-0.2, 0) is 4.79 Å². The molecule has 0 aromatic heterocycles. The molecule has 0 heterocycles. The fourth-order valence-electron chi connectivity index (χ4n) is 1.78. The van der Waals surface area contributed by atoms with Gasteiger partial charge in [-0.2, -0.15) is 0 Å². The number of aliphatic hydroxyl groups is 1. The zero-order chi connectivity index (χ0) is 15.0. The zero-order valence-corrected chi connectivity index (χ0v) is 13.6. The van der Waals surface area contributed by atoms with Gasteiger partial charge in [-0.05, 0) is 42.0 Å². The van der Waals surface area contributed by atoms with Gasteiger partial charge < -0.3 is 10.4 Å². The van der Waals surface area contributed by atoms with Crippen LogP contribution in [0.1, 0.15) is 32.3 Å². The van der Waals surface area contributed by atoms with Crippen molar-refractivity contribution in [3.05, 3.63) is 40.4 Å². The van der Waals surface area contributed by atoms with Gasteiger partial charge in [-0.15, -0.1) is 0 Å². The lowest BCUT2D eigenvalue weighted by Crippen LogP contribution is -2.33. The molecule has 4 heteroatoms. The predicted molar refractivity (Wildman–Crippen MR) is 86.3 cm³/mol. The van der Waals surface area contributed by atoms with Crippen molar-refractivity contribution in [2.75, 3.05) is 13.2 Å². The number of rotatable bonds is 7. The summed E-state index contributed by atoms with van der Waals surface area (Å²) in [5.74, 6) is -0.0926. The Morgan fingerprint density at radius 3 is 2.60 bits per heavy atom. The Kier molecular flexibility index (Phi) is 6.96. The van der Waals surface area contributed by atoms with Crippen LogP contribution in [0, 0.1) is 5.41 Å². The maximum absolute atomic E-state index is 11.7. The van der Waals surface area contributed by atoms with E-state index < -0.39 is 0 Å². The summed E-state index contributed by atoms with van der Waals surface area (Å²) in [6.07, 6.45) is 4.99. The first-order valence-corrected chi connectivity index (χ1v) is 7.55. The third-order valence-electron chi connectivity index (χ3n) is 3.05. The van der Waals surface area contributed by atoms with E-state index in [2.05, 4.69) is 35.1 Å². The number of hydrogen-bond donors (Lipinski definition) is 2. The highest BCUT2D eigenvalue weighted by Gasteiger charge is 2.17. The van der Waals surface area contributed by atoms with Crippen LogP contribution in [0.4, 0.5) is 0 Å². The Morgan fingerprint density at radius 1 is 1.35 bits per heavy atom. The molecule has 0 aliphatic carbocycles. The molecule has 0 radical (unpaired) electrons. The van der Waals surface area contributed by atoms with E-state index in [4.69, 9.17) is 5.11 Å². The molecule has 0 atom stereocenters. The highest BCUT2D eigenvalue weighted by molar-refractivity contribution is 9.10. The van der Waals surface area contributed by atoms with Crippen molar-refractivity contribution < 1.29 is 9.90 Å². The molecule has 0 saturated heterocycles. The van der Waals surface area contributed by atoms with E-state index in [1.54, 1.807) is 12.2 Å². The van der Waals surface area contributed by atoms with E-state index in [-0.39, 0.29) is 17.9 Å². The first-order valence-electron chi connectivity index (χ1n) is 6.75. The van der Waals surface area contributed by atoms with Crippen LogP contribution >= 0.6 is 15.9 Å². The van der Waals surface area contributed by atoms with E-state index in [0.717, 1.165) is 22.9 Å². The largest absolute Gasteiger partial charge is 0.396 e. The first-order chi connectivity index (χ1) is 9.43. The number of amides is 1. The Hall–Kier alpha value is -1.13. The van der Waals surface area contributed by atoms with Crippen molar-refractivity contribution in [2.45, 2.75) is 26.7 Å². The number of halogens is 1. The van der Waals surface area contributed by atoms with E-state index >= 15 is 0 Å². The molecule has 20 heavy (non-hydrogen) atoms. The van der Waals surface area contributed by atoms with Gasteiger partial charge in [0.2, 0.25) is 5.91 Å². The summed E-state index contributed by atoms with van der Waals surface area (Å²) >= 11 is 3.37. The quantitative estimate of drug-likeness (QED) is 0.748. The molecule has 0 bridgehead atoms. The first kappa shape index (κ1) is 16.9. The van der Waals surface area contributed by atoms with Gasteiger partial charge in [0.05, 0.1) is 0 Å². The molecular weight excluding hydrogens is 318 g/mol. The van der Waals surface area contributed by atoms with Crippen LogP contribution in [0.2, 0.25) is 0 Å². The molecule has 0 aliphatic rings. The summed E-state index contributed by atoms with van der Waals surface area (Å²) in [7, 11) is 0. The molecule has 0 spiro atoms. The number of carbonyl (C=O) groups excluding carboxylic acids is 1. The minimum Gasteiger partial charge on any atom is -0.396 e. The monoisotopic (exact) mass is 339 g/mol. The van der Waals surface area contributed by atoms with Crippen molar-refractivity contribution in [3.8, 4) is 0 Å². The number of benzene rings is 1. The summed E-state index contributed by atoms with van der Waals surface area (Å²) in [5.41, 5.74) is 0.993. The van der Waals surface area contributed by atoms with Crippen molar-refractivity contribution in [2.24, 2.45) is 5.41 Å². The van der Waals surface area contributed by atoms with Crippen molar-refractivity contribution in [3.63, 3.8) is 0 Å². The molecule has 110 valence electrons. The summed E-state index contributed by atoms with van der Waals surface area (Å²) in [5, 5.41) is 11.7. The molecule has 0 fully saturated rings. The van der Waals surface area contributed by atoms with E-state index in [1.165, 1.54) is 0 Å². The predicted octanol–water partition coefficient (Wildman–Crippen LogP) is 3.38. The van der Waals surface area contributed by atoms with Crippen molar-refractivity contribution in [1.29, 1.82) is 0 Å². The number of nitrogens with one attached hydrogen (secondary N) is 1. The van der Waals surface area contributed by atoms with Gasteiger partial charge in [0.25, 0.3) is 0 Å². The van der Waals surface area contributed by atoms with E-state index in [9.17, 15) is 4.79 Å². The molecule has 1 aromatic carbocycles. The van der Waals surface area contributed by atoms with Gasteiger partial charge in [-0.25, -0.2) is 0 Å². The second-order valence-corrected chi connectivity index (χ2v) is 6.51. The van der Waals surface area contributed by atoms with Gasteiger partial charge in [0.15, 0.2) is 0 Å². The number of aliphatic hydroxyl groups excluding tert-OH is 1. The lowest BCUT2D eigenvalue weighted by atomic mass is 9.88. The molecule has 2 N–H and O–H groups in total. The molecule has 0 saturated carbocycles. The van der Waals surface area contributed by atoms with Crippen molar-refractivity contribution in [1.82, 2.24) is 5.32 Å². The standard InChI is InChI=1S/C16H22BrNO2/c1-16(2,10-3-11-19)12-18-15(20)9-6-13-4-7-14(17)8-5-13/h4-9,19H,3,10-12H2,1-2H3,(H,18,20)/b9-6+. The van der Waals surface area contributed by atoms with Crippen LogP contribution < -0.4 is 5.32 Å². The summed E-state index contributed by atoms with van der Waals surface area (Å²) in [6, 6.07) is 7.77. The van der Waals surface area contributed by atoms with E-state index in [0.29, 0.717) is 6.54 Å². The van der Waals surface area contributed by atoms with E-state index in [1.807, 2.05) is 24.3 Å². The maximum atomic E-state index is 11.7. The Morgan fingerprint density at radius 2 is 2.00 bits per heavy atom. The third-order valence-corrected chi connectivity index (χ3v) is 3.58. The normalized spacial score (nSPS) is 11.8. The zero-order valence-electron chi connectivity index (χ0n) is 12.0. The molecule has 0 unspecified atom stereocenters. The second kappa shape index (κ2) is 8.22. The SMILES string of the molecule is CC(C)(CCCO)CNC(=O)/C=C/c1ccc(Br)cc1. The van der Waals surface area contributed by atoms with Gasteiger partial charge in [-0.3, -0.25) is 4.79 Å². The number of carbonyl (C=O) groups is 1. The second-order valence-electron chi connectivity index (χ2n) is 5.59. The minimum atomic E-state index is -0.0926. The topological polar surface area (TPSA) is 49.3 Å². The van der Waals surface area contributed by atoms with Gasteiger partial charge in [-0.1, -0.05) is 41.9 Å². The average molecular weight is 340 g/mol. The molecule has 1 amide bonds. The van der Waals surface area contributed by atoms with Crippen LogP contribution in [0.5, 0.6) is 0 Å². The molecule has 0 aliphatic heterocycles. The highest BCUT2D eigenvalue weighted by Crippen LogP contribution is 2.20. The highest BCUT2D eigenvalue weighted by atomic mass is 79.9. The maximum Gasteiger partial charge on any atom is 0.244 e. The fourth-order valence-corrected chi connectivity index (χ4v) is 2.04. The summed E-state index contributed by atoms with van der Waals surface area (Å²) < 4.78 is 1.02. The molecule has 1 rings (SSSR count). The van der Waals surface area contributed by atoms with Crippen LogP contribution in [-0.4, -0.2) is 24.2 Å². The molecule has 3 nitrogen and oxygen atoms in total. The van der Waals surface area contributed by atoms with Gasteiger partial charge in [0, 0.05) is 23.7 Å². The third kappa shape index (κ3) is 6.87. The van der Waals surface area contributed by atoms with Crippen LogP contribution in [0.25, 0.3) is 6.08 Å². The molecule has 1 aromatic rings. The lowest BCUT2D eigenvalue weighted by Gasteiger charge is -2.24. The van der Waals surface area contributed by atoms with Gasteiger partial charge >= 0.3 is 0 Å².